The van der Waals surface area contributed by atoms with Crippen molar-refractivity contribution in [1.29, 1.82) is 0 Å². The molecule has 1 amide bonds. The fraction of sp³-hybridized carbons (Fsp3) is 0.167. The van der Waals surface area contributed by atoms with Crippen molar-refractivity contribution in [3.63, 3.8) is 0 Å². The van der Waals surface area contributed by atoms with Crippen LogP contribution in [0.15, 0.2) is 71.0 Å². The zero-order chi connectivity index (χ0) is 18.4. The Morgan fingerprint density at radius 2 is 1.76 bits per heavy atom. The van der Waals surface area contributed by atoms with E-state index < -0.39 is 10.0 Å². The lowest BCUT2D eigenvalue weighted by Gasteiger charge is -2.20. The number of benzene rings is 2. The summed E-state index contributed by atoms with van der Waals surface area (Å²) in [7, 11) is -2.16. The molecule has 0 aliphatic carbocycles. The van der Waals surface area contributed by atoms with Crippen LogP contribution in [0, 0.1) is 0 Å². The van der Waals surface area contributed by atoms with Gasteiger partial charge in [0.05, 0.1) is 10.6 Å². The highest BCUT2D eigenvalue weighted by molar-refractivity contribution is 7.98. The van der Waals surface area contributed by atoms with Crippen LogP contribution in [0.5, 0.6) is 0 Å². The molecule has 0 radical (unpaired) electrons. The number of rotatable bonds is 7. The van der Waals surface area contributed by atoms with E-state index >= 15 is 0 Å². The summed E-state index contributed by atoms with van der Waals surface area (Å²) in [4.78, 5) is 13.1. The lowest BCUT2D eigenvalue weighted by atomic mass is 10.2. The van der Waals surface area contributed by atoms with E-state index in [0.29, 0.717) is 17.8 Å². The van der Waals surface area contributed by atoms with E-state index in [1.165, 1.54) is 11.4 Å². The maximum atomic E-state index is 12.7. The second-order valence-corrected chi connectivity index (χ2v) is 8.04. The number of sulfonamides is 1. The molecule has 25 heavy (non-hydrogen) atoms. The minimum absolute atomic E-state index is 0.223. The maximum absolute atomic E-state index is 12.7. The highest BCUT2D eigenvalue weighted by atomic mass is 32.2. The smallest absolute Gasteiger partial charge is 0.264 e. The Labute approximate surface area is 152 Å². The highest BCUT2D eigenvalue weighted by Crippen LogP contribution is 2.24. The Bertz CT molecular complexity index is 845. The lowest BCUT2D eigenvalue weighted by molar-refractivity contribution is 0.0958. The van der Waals surface area contributed by atoms with Crippen LogP contribution in [0.25, 0.3) is 0 Å². The quantitative estimate of drug-likeness (QED) is 0.595. The van der Waals surface area contributed by atoms with Gasteiger partial charge in [-0.2, -0.15) is 0 Å². The molecule has 7 heteroatoms. The minimum atomic E-state index is -3.65. The second kappa shape index (κ2) is 8.22. The van der Waals surface area contributed by atoms with Gasteiger partial charge in [0.1, 0.15) is 0 Å². The van der Waals surface area contributed by atoms with E-state index in [1.807, 2.05) is 6.26 Å². The summed E-state index contributed by atoms with van der Waals surface area (Å²) in [5.41, 5.74) is 0.940. The molecular weight excluding hydrogens is 356 g/mol. The molecule has 2 aromatic carbocycles. The van der Waals surface area contributed by atoms with Gasteiger partial charge in [-0.25, -0.2) is 8.42 Å². The van der Waals surface area contributed by atoms with Crippen molar-refractivity contribution >= 4 is 33.4 Å². The van der Waals surface area contributed by atoms with Crippen molar-refractivity contribution in [1.82, 2.24) is 5.32 Å². The number of hydrogen-bond donors (Lipinski definition) is 1. The Morgan fingerprint density at radius 3 is 2.28 bits per heavy atom. The first kappa shape index (κ1) is 19.1. The predicted octanol–water partition coefficient (Wildman–Crippen LogP) is 3.15. The van der Waals surface area contributed by atoms with Crippen LogP contribution in [0.3, 0.4) is 0 Å². The van der Waals surface area contributed by atoms with Crippen LogP contribution in [0.4, 0.5) is 5.69 Å². The van der Waals surface area contributed by atoms with Crippen LogP contribution >= 0.6 is 11.8 Å². The number of hydrogen-bond acceptors (Lipinski definition) is 4. The van der Waals surface area contributed by atoms with Crippen LogP contribution in [-0.2, 0) is 10.0 Å². The molecule has 1 N–H and O–H groups in total. The van der Waals surface area contributed by atoms with Gasteiger partial charge in [0.2, 0.25) is 0 Å². The average Bonchev–Trinajstić information content (AvgIpc) is 2.65. The van der Waals surface area contributed by atoms with E-state index in [4.69, 9.17) is 0 Å². The van der Waals surface area contributed by atoms with Crippen LogP contribution in [0.1, 0.15) is 10.4 Å². The molecule has 0 bridgehead atoms. The minimum Gasteiger partial charge on any atom is -0.349 e. The molecule has 132 valence electrons. The molecule has 0 unspecified atom stereocenters. The molecule has 0 heterocycles. The van der Waals surface area contributed by atoms with E-state index in [-0.39, 0.29) is 10.8 Å². The van der Waals surface area contributed by atoms with Crippen LogP contribution in [0.2, 0.25) is 0 Å². The van der Waals surface area contributed by atoms with Crippen molar-refractivity contribution in [3.05, 3.63) is 66.7 Å². The molecule has 2 aromatic rings. The Kier molecular flexibility index (Phi) is 6.27. The molecular formula is C18H20N2O3S2. The predicted molar refractivity (Wildman–Crippen MR) is 103 cm³/mol. The Morgan fingerprint density at radius 1 is 1.16 bits per heavy atom. The summed E-state index contributed by atoms with van der Waals surface area (Å²) in [5, 5.41) is 2.67. The molecule has 0 atom stereocenters. The third kappa shape index (κ3) is 4.43. The van der Waals surface area contributed by atoms with Gasteiger partial charge < -0.3 is 5.32 Å². The van der Waals surface area contributed by atoms with Gasteiger partial charge >= 0.3 is 0 Å². The molecule has 0 aliphatic rings. The van der Waals surface area contributed by atoms with Gasteiger partial charge in [-0.1, -0.05) is 6.08 Å². The van der Waals surface area contributed by atoms with E-state index in [2.05, 4.69) is 11.9 Å². The van der Waals surface area contributed by atoms with Gasteiger partial charge in [0.25, 0.3) is 15.9 Å². The standard InChI is InChI=1S/C18H20N2O3S2/c1-4-13-19-18(21)14-5-7-15(8-6-14)20(2)25(22,23)17-11-9-16(24-3)10-12-17/h4-12H,1,13H2,2-3H3,(H,19,21). The van der Waals surface area contributed by atoms with Crippen LogP contribution in [-0.4, -0.2) is 34.2 Å². The van der Waals surface area contributed by atoms with Crippen molar-refractivity contribution in [3.8, 4) is 0 Å². The Balaban J connectivity index is 2.22. The summed E-state index contributed by atoms with van der Waals surface area (Å²) in [5.74, 6) is -0.232. The van der Waals surface area contributed by atoms with Gasteiger partial charge in [-0.3, -0.25) is 9.10 Å². The first-order valence-electron chi connectivity index (χ1n) is 7.52. The molecule has 0 spiro atoms. The largest absolute Gasteiger partial charge is 0.349 e. The number of carbonyl (C=O) groups is 1. The highest BCUT2D eigenvalue weighted by Gasteiger charge is 2.21. The van der Waals surface area contributed by atoms with E-state index in [1.54, 1.807) is 66.4 Å². The van der Waals surface area contributed by atoms with Crippen LogP contribution < -0.4 is 9.62 Å². The van der Waals surface area contributed by atoms with Gasteiger partial charge in [-0.15, -0.1) is 18.3 Å². The second-order valence-electron chi connectivity index (χ2n) is 5.19. The number of nitrogens with zero attached hydrogens (tertiary/aromatic N) is 1. The van der Waals surface area contributed by atoms with E-state index in [0.717, 1.165) is 4.90 Å². The average molecular weight is 377 g/mol. The normalized spacial score (nSPS) is 11.0. The summed E-state index contributed by atoms with van der Waals surface area (Å²) in [6, 6.07) is 13.1. The number of nitrogens with one attached hydrogen (secondary N) is 1. The third-order valence-corrected chi connectivity index (χ3v) is 6.16. The van der Waals surface area contributed by atoms with Gasteiger partial charge in [-0.05, 0) is 54.8 Å². The van der Waals surface area contributed by atoms with Gasteiger partial charge in [0.15, 0.2) is 0 Å². The van der Waals surface area contributed by atoms with E-state index in [9.17, 15) is 13.2 Å². The summed E-state index contributed by atoms with van der Waals surface area (Å²) >= 11 is 1.55. The van der Waals surface area contributed by atoms with Crippen molar-refractivity contribution in [2.24, 2.45) is 0 Å². The van der Waals surface area contributed by atoms with Crippen molar-refractivity contribution < 1.29 is 13.2 Å². The molecule has 2 rings (SSSR count). The summed E-state index contributed by atoms with van der Waals surface area (Å²) in [6.45, 7) is 3.92. The molecule has 0 saturated carbocycles. The summed E-state index contributed by atoms with van der Waals surface area (Å²) < 4.78 is 26.6. The molecule has 0 fully saturated rings. The zero-order valence-corrected chi connectivity index (χ0v) is 15.7. The monoisotopic (exact) mass is 376 g/mol. The third-order valence-electron chi connectivity index (χ3n) is 3.62. The Hall–Kier alpha value is -2.25. The fourth-order valence-electron chi connectivity index (χ4n) is 2.13. The van der Waals surface area contributed by atoms with Crippen molar-refractivity contribution in [2.45, 2.75) is 9.79 Å². The number of carbonyl (C=O) groups excluding carboxylic acids is 1. The first-order valence-corrected chi connectivity index (χ1v) is 10.2. The fourth-order valence-corrected chi connectivity index (χ4v) is 3.74. The number of thioether (sulfide) groups is 1. The van der Waals surface area contributed by atoms with Crippen molar-refractivity contribution in [2.75, 3.05) is 24.2 Å². The molecule has 0 aromatic heterocycles. The maximum Gasteiger partial charge on any atom is 0.264 e. The topological polar surface area (TPSA) is 66.5 Å². The zero-order valence-electron chi connectivity index (χ0n) is 14.1. The molecule has 5 nitrogen and oxygen atoms in total. The SMILES string of the molecule is C=CCNC(=O)c1ccc(N(C)S(=O)(=O)c2ccc(SC)cc2)cc1. The molecule has 0 aliphatic heterocycles. The molecule has 0 saturated heterocycles. The lowest BCUT2D eigenvalue weighted by Crippen LogP contribution is -2.27. The summed E-state index contributed by atoms with van der Waals surface area (Å²) in [6.07, 6.45) is 3.53. The number of amides is 1. The van der Waals surface area contributed by atoms with Gasteiger partial charge in [0, 0.05) is 24.1 Å². The number of anilines is 1. The first-order chi connectivity index (χ1) is 11.9.